The van der Waals surface area contributed by atoms with Crippen molar-refractivity contribution in [1.82, 2.24) is 14.7 Å². The molecule has 0 radical (unpaired) electrons. The Morgan fingerprint density at radius 2 is 1.81 bits per heavy atom. The molecule has 0 atom stereocenters. The van der Waals surface area contributed by atoms with Gasteiger partial charge in [-0.25, -0.2) is 4.68 Å². The fraction of sp³-hybridized carbons (Fsp3) is 0.143. The average molecular weight is 434 g/mol. The number of azo groups is 1. The molecule has 5 N–H and O–H groups in total. The van der Waals surface area contributed by atoms with E-state index in [-0.39, 0.29) is 28.6 Å². The number of carbonyl (C=O) groups excluding carboxylic acids is 2. The lowest BCUT2D eigenvalue weighted by Crippen LogP contribution is -2.26. The van der Waals surface area contributed by atoms with Crippen molar-refractivity contribution in [2.45, 2.75) is 6.92 Å². The highest BCUT2D eigenvalue weighted by molar-refractivity contribution is 5.98. The molecule has 1 aromatic heterocycles. The molecular weight excluding hydrogens is 412 g/mol. The van der Waals surface area contributed by atoms with E-state index in [0.717, 1.165) is 0 Å². The second kappa shape index (κ2) is 9.08. The summed E-state index contributed by atoms with van der Waals surface area (Å²) in [4.78, 5) is 29.4. The second-order valence-corrected chi connectivity index (χ2v) is 6.77. The fourth-order valence-corrected chi connectivity index (χ4v) is 2.84. The first-order chi connectivity index (χ1) is 15.3. The monoisotopic (exact) mass is 434 g/mol. The maximum Gasteiger partial charge on any atom is 0.258 e. The van der Waals surface area contributed by atoms with E-state index < -0.39 is 5.91 Å². The Labute approximate surface area is 183 Å². The van der Waals surface area contributed by atoms with Crippen LogP contribution in [0.5, 0.6) is 5.75 Å². The lowest BCUT2D eigenvalue weighted by Gasteiger charge is -2.14. The third-order valence-electron chi connectivity index (χ3n) is 4.74. The zero-order chi connectivity index (χ0) is 23.4. The summed E-state index contributed by atoms with van der Waals surface area (Å²) in [6.07, 6.45) is 1.40. The van der Waals surface area contributed by atoms with Crippen LogP contribution in [0.2, 0.25) is 0 Å². The number of benzene rings is 2. The SMILES string of the molecule is C=Nc1ccc(/N=N/c2ccc(O)c(C(N)=O)c2)cc1-n1ncc(C(=O)N(C)CC)c1N. The molecule has 3 rings (SSSR count). The van der Waals surface area contributed by atoms with Crippen LogP contribution in [0.15, 0.2) is 57.8 Å². The summed E-state index contributed by atoms with van der Waals surface area (Å²) in [5.41, 5.74) is 13.3. The number of hydrogen-bond donors (Lipinski definition) is 3. The van der Waals surface area contributed by atoms with Crippen LogP contribution in [0.4, 0.5) is 22.9 Å². The van der Waals surface area contributed by atoms with Crippen LogP contribution in [0.3, 0.4) is 0 Å². The van der Waals surface area contributed by atoms with Crippen molar-refractivity contribution in [2.24, 2.45) is 21.0 Å². The van der Waals surface area contributed by atoms with Gasteiger partial charge >= 0.3 is 0 Å². The normalized spacial score (nSPS) is 10.9. The average Bonchev–Trinajstić information content (AvgIpc) is 3.17. The predicted molar refractivity (Wildman–Crippen MR) is 121 cm³/mol. The van der Waals surface area contributed by atoms with Gasteiger partial charge in [0, 0.05) is 13.6 Å². The highest BCUT2D eigenvalue weighted by atomic mass is 16.3. The first-order valence-corrected chi connectivity index (χ1v) is 9.51. The topological polar surface area (TPSA) is 165 Å². The van der Waals surface area contributed by atoms with Crippen LogP contribution in [0.1, 0.15) is 27.6 Å². The molecule has 0 unspecified atom stereocenters. The summed E-state index contributed by atoms with van der Waals surface area (Å²) >= 11 is 0. The Morgan fingerprint density at radius 3 is 2.44 bits per heavy atom. The number of nitrogens with two attached hydrogens (primary N) is 2. The molecule has 1 heterocycles. The maximum atomic E-state index is 12.5. The summed E-state index contributed by atoms with van der Waals surface area (Å²) in [5.74, 6) is -1.12. The quantitative estimate of drug-likeness (QED) is 0.383. The van der Waals surface area contributed by atoms with Crippen molar-refractivity contribution in [3.8, 4) is 11.4 Å². The lowest BCUT2D eigenvalue weighted by molar-refractivity contribution is 0.0803. The number of aromatic hydroxyl groups is 1. The standard InChI is InChI=1S/C21H22N8O3/c1-4-28(3)21(32)15-11-25-29(19(15)22)17-10-13(5-7-16(17)24-2)27-26-12-6-8-18(30)14(9-12)20(23)31/h5-11,30H,2,4,22H2,1,3H3,(H2,23,31)/b27-26+. The third kappa shape index (κ3) is 4.31. The molecule has 0 saturated heterocycles. The van der Waals surface area contributed by atoms with Gasteiger partial charge in [0.2, 0.25) is 0 Å². The predicted octanol–water partition coefficient (Wildman–Crippen LogP) is 3.10. The highest BCUT2D eigenvalue weighted by Crippen LogP contribution is 2.32. The van der Waals surface area contributed by atoms with Crippen molar-refractivity contribution in [3.63, 3.8) is 0 Å². The van der Waals surface area contributed by atoms with Crippen molar-refractivity contribution in [2.75, 3.05) is 19.3 Å². The molecule has 164 valence electrons. The smallest absolute Gasteiger partial charge is 0.258 e. The second-order valence-electron chi connectivity index (χ2n) is 6.77. The minimum Gasteiger partial charge on any atom is -0.507 e. The molecule has 2 aromatic carbocycles. The number of rotatable bonds is 7. The van der Waals surface area contributed by atoms with Gasteiger partial charge in [-0.15, -0.1) is 0 Å². The van der Waals surface area contributed by atoms with Gasteiger partial charge in [0.05, 0.1) is 34.5 Å². The van der Waals surface area contributed by atoms with Crippen LogP contribution in [0.25, 0.3) is 5.69 Å². The van der Waals surface area contributed by atoms with Crippen molar-refractivity contribution < 1.29 is 14.7 Å². The van der Waals surface area contributed by atoms with Crippen LogP contribution in [-0.4, -0.2) is 51.9 Å². The number of nitrogens with zero attached hydrogens (tertiary/aromatic N) is 6. The van der Waals surface area contributed by atoms with E-state index in [9.17, 15) is 14.7 Å². The number of hydrogen-bond acceptors (Lipinski definition) is 8. The Kier molecular flexibility index (Phi) is 6.29. The van der Waals surface area contributed by atoms with E-state index in [1.54, 1.807) is 25.2 Å². The number of anilines is 1. The van der Waals surface area contributed by atoms with E-state index >= 15 is 0 Å². The largest absolute Gasteiger partial charge is 0.507 e. The van der Waals surface area contributed by atoms with E-state index in [1.807, 2.05) is 6.92 Å². The van der Waals surface area contributed by atoms with Crippen molar-refractivity contribution in [3.05, 3.63) is 53.7 Å². The molecule has 0 aliphatic carbocycles. The molecule has 0 bridgehead atoms. The van der Waals surface area contributed by atoms with E-state index in [0.29, 0.717) is 29.3 Å². The fourth-order valence-electron chi connectivity index (χ4n) is 2.84. The van der Waals surface area contributed by atoms with Crippen molar-refractivity contribution in [1.29, 1.82) is 0 Å². The van der Waals surface area contributed by atoms with Gasteiger partial charge in [-0.1, -0.05) is 0 Å². The van der Waals surface area contributed by atoms with Crippen LogP contribution >= 0.6 is 0 Å². The minimum atomic E-state index is -0.781. The summed E-state index contributed by atoms with van der Waals surface area (Å²) in [6, 6.07) is 9.06. The van der Waals surface area contributed by atoms with E-state index in [2.05, 4.69) is 27.0 Å². The molecule has 2 amide bonds. The van der Waals surface area contributed by atoms with Crippen LogP contribution in [0, 0.1) is 0 Å². The third-order valence-corrected chi connectivity index (χ3v) is 4.74. The minimum absolute atomic E-state index is 0.0631. The number of nitrogen functional groups attached to an aromatic ring is 1. The van der Waals surface area contributed by atoms with E-state index in [1.165, 1.54) is 34.0 Å². The Balaban J connectivity index is 1.99. The molecule has 0 fully saturated rings. The molecule has 11 heteroatoms. The zero-order valence-corrected chi connectivity index (χ0v) is 17.6. The van der Waals surface area contributed by atoms with Crippen LogP contribution < -0.4 is 11.5 Å². The molecule has 3 aromatic rings. The van der Waals surface area contributed by atoms with Gasteiger partial charge in [-0.05, 0) is 50.0 Å². The van der Waals surface area contributed by atoms with Gasteiger partial charge < -0.3 is 21.5 Å². The summed E-state index contributed by atoms with van der Waals surface area (Å²) < 4.78 is 1.38. The first-order valence-electron chi connectivity index (χ1n) is 9.51. The van der Waals surface area contributed by atoms with Gasteiger partial charge in [0.15, 0.2) is 0 Å². The molecule has 0 saturated carbocycles. The zero-order valence-electron chi connectivity index (χ0n) is 17.6. The number of aliphatic imine (C=N–C) groups is 1. The maximum absolute atomic E-state index is 12.5. The molecule has 0 spiro atoms. The Bertz CT molecular complexity index is 1230. The summed E-state index contributed by atoms with van der Waals surface area (Å²) in [5, 5.41) is 22.2. The highest BCUT2D eigenvalue weighted by Gasteiger charge is 2.20. The summed E-state index contributed by atoms with van der Waals surface area (Å²) in [6.45, 7) is 5.93. The Hall–Kier alpha value is -4.54. The number of aromatic nitrogens is 2. The van der Waals surface area contributed by atoms with Gasteiger partial charge in [-0.2, -0.15) is 15.3 Å². The van der Waals surface area contributed by atoms with Gasteiger partial charge in [-0.3, -0.25) is 14.6 Å². The molecule has 0 aliphatic heterocycles. The molecule has 0 aliphatic rings. The van der Waals surface area contributed by atoms with Gasteiger partial charge in [0.1, 0.15) is 17.1 Å². The number of carbonyl (C=O) groups is 2. The lowest BCUT2D eigenvalue weighted by atomic mass is 10.1. The number of amides is 2. The number of phenols is 1. The van der Waals surface area contributed by atoms with Crippen LogP contribution in [-0.2, 0) is 0 Å². The molecule has 32 heavy (non-hydrogen) atoms. The number of primary amides is 1. The van der Waals surface area contributed by atoms with Crippen molar-refractivity contribution >= 4 is 41.4 Å². The van der Waals surface area contributed by atoms with Gasteiger partial charge in [0.25, 0.3) is 11.8 Å². The molecular formula is C21H22N8O3. The van der Waals surface area contributed by atoms with E-state index in [4.69, 9.17) is 11.5 Å². The first kappa shape index (κ1) is 22.2. The summed E-state index contributed by atoms with van der Waals surface area (Å²) in [7, 11) is 1.67. The Morgan fingerprint density at radius 1 is 1.16 bits per heavy atom. The molecule has 11 nitrogen and oxygen atoms in total.